The monoisotopic (exact) mass is 601 g/mol. The maximum absolute atomic E-state index is 14.3. The van der Waals surface area contributed by atoms with Crippen molar-refractivity contribution >= 4 is 46.2 Å². The molecule has 1 fully saturated rings. The molecule has 0 aliphatic carbocycles. The second kappa shape index (κ2) is 13.4. The number of aryl methyl sites for hydroxylation is 1. The lowest BCUT2D eigenvalue weighted by Crippen LogP contribution is -2.38. The molecule has 0 saturated carbocycles. The Bertz CT molecular complexity index is 1460. The van der Waals surface area contributed by atoms with Gasteiger partial charge in [0.05, 0.1) is 31.7 Å². The van der Waals surface area contributed by atoms with Gasteiger partial charge in [-0.1, -0.05) is 70.1 Å². The molecule has 212 valence electrons. The van der Waals surface area contributed by atoms with Crippen LogP contribution in [-0.4, -0.2) is 55.7 Å². The minimum absolute atomic E-state index is 0.230. The van der Waals surface area contributed by atoms with Crippen molar-refractivity contribution in [3.63, 3.8) is 0 Å². The van der Waals surface area contributed by atoms with Gasteiger partial charge in [-0.25, -0.2) is 19.5 Å². The summed E-state index contributed by atoms with van der Waals surface area (Å²) in [7, 11) is -0.377. The number of hydrogen-bond donors (Lipinski definition) is 1. The first-order valence-electron chi connectivity index (χ1n) is 12.9. The Morgan fingerprint density at radius 1 is 1.05 bits per heavy atom. The van der Waals surface area contributed by atoms with Gasteiger partial charge >= 0.3 is 7.60 Å². The molecule has 0 bridgehead atoms. The summed E-state index contributed by atoms with van der Waals surface area (Å²) >= 11 is 0. The Hall–Kier alpha value is -2.60. The number of nitrogen functional groups attached to an aromatic ring is 1. The fourth-order valence-electron chi connectivity index (χ4n) is 4.15. The van der Waals surface area contributed by atoms with Crippen molar-refractivity contribution in [1.82, 2.24) is 19.5 Å². The maximum atomic E-state index is 14.3. The van der Waals surface area contributed by atoms with Crippen LogP contribution in [0.5, 0.6) is 5.75 Å². The van der Waals surface area contributed by atoms with E-state index in [1.165, 1.54) is 6.33 Å². The Labute approximate surface area is 241 Å². The fraction of sp³-hybridized carbons (Fsp3) is 0.370. The van der Waals surface area contributed by atoms with Crippen LogP contribution in [-0.2, 0) is 31.7 Å². The van der Waals surface area contributed by atoms with Gasteiger partial charge in [0.15, 0.2) is 17.8 Å². The highest BCUT2D eigenvalue weighted by Gasteiger charge is 2.38. The van der Waals surface area contributed by atoms with Crippen molar-refractivity contribution in [1.29, 1.82) is 0 Å². The van der Waals surface area contributed by atoms with E-state index in [4.69, 9.17) is 24.3 Å². The minimum atomic E-state index is -3.76. The molecule has 1 aliphatic heterocycles. The highest BCUT2D eigenvalue weighted by Crippen LogP contribution is 2.52. The molecule has 5 rings (SSSR count). The van der Waals surface area contributed by atoms with Crippen molar-refractivity contribution in [3.8, 4) is 5.75 Å². The van der Waals surface area contributed by atoms with Crippen LogP contribution in [0.2, 0.25) is 0 Å². The number of benzene rings is 2. The third-order valence-corrected chi connectivity index (χ3v) is 10.2. The maximum Gasteiger partial charge on any atom is 0.405 e. The molecule has 2 aromatic heterocycles. The number of nitrogens with zero attached hydrogens (tertiary/aromatic N) is 4. The molecule has 0 spiro atoms. The van der Waals surface area contributed by atoms with Crippen molar-refractivity contribution in [2.24, 2.45) is 0 Å². The van der Waals surface area contributed by atoms with E-state index in [1.54, 1.807) is 34.0 Å². The summed E-state index contributed by atoms with van der Waals surface area (Å²) in [4.78, 5) is 12.6. The molecule has 0 radical (unpaired) electrons. The number of aromatic nitrogens is 4. The smallest absolute Gasteiger partial charge is 0.405 e. The summed E-state index contributed by atoms with van der Waals surface area (Å²) in [6, 6.07) is 17.4. The number of para-hydroxylation sites is 1. The van der Waals surface area contributed by atoms with Gasteiger partial charge in [-0.15, -0.1) is 0 Å². The summed E-state index contributed by atoms with van der Waals surface area (Å²) in [5.74, 6) is 2.13. The largest absolute Gasteiger partial charge is 0.423 e. The minimum Gasteiger partial charge on any atom is -0.423 e. The van der Waals surface area contributed by atoms with Crippen molar-refractivity contribution < 1.29 is 23.1 Å². The standard InChI is InChI=1S/C27H32N5O5PS2/c1-19-8-6-7-11-22(19)36-38(33,18-35-20(2)12-32-17-31-25-26(28)29-16-30-27(25)32)37-24-15-40-39-14-23(24)34-13-21-9-4-3-5-10-21/h3-11,16-17,20,23-24H,12-15,18H2,1-2H3,(H2,28,29,30)/t20-,23+,24?,38?/m1/s1. The number of ether oxygens (including phenoxy) is 2. The summed E-state index contributed by atoms with van der Waals surface area (Å²) in [6.45, 7) is 4.64. The number of anilines is 1. The van der Waals surface area contributed by atoms with Gasteiger partial charge in [0.25, 0.3) is 0 Å². The molecule has 1 aliphatic rings. The van der Waals surface area contributed by atoms with E-state index in [0.29, 0.717) is 47.4 Å². The molecule has 0 amide bonds. The Morgan fingerprint density at radius 2 is 1.80 bits per heavy atom. The lowest BCUT2D eigenvalue weighted by atomic mass is 10.2. The van der Waals surface area contributed by atoms with E-state index in [2.05, 4.69) is 15.0 Å². The van der Waals surface area contributed by atoms with Gasteiger partial charge in [0.2, 0.25) is 0 Å². The van der Waals surface area contributed by atoms with Gasteiger partial charge in [-0.2, -0.15) is 0 Å². The first-order chi connectivity index (χ1) is 19.4. The first kappa shape index (κ1) is 28.9. The number of nitrogens with two attached hydrogens (primary N) is 1. The molecule has 4 atom stereocenters. The summed E-state index contributed by atoms with van der Waals surface area (Å²) in [5.41, 5.74) is 8.97. The molecule has 10 nitrogen and oxygen atoms in total. The zero-order valence-corrected chi connectivity index (χ0v) is 24.8. The highest BCUT2D eigenvalue weighted by molar-refractivity contribution is 8.76. The third kappa shape index (κ3) is 7.37. The van der Waals surface area contributed by atoms with E-state index in [-0.39, 0.29) is 18.6 Å². The van der Waals surface area contributed by atoms with Crippen LogP contribution in [0.4, 0.5) is 5.82 Å². The molecule has 2 aromatic carbocycles. The van der Waals surface area contributed by atoms with Gasteiger partial charge in [-0.05, 0) is 31.0 Å². The molecule has 40 heavy (non-hydrogen) atoms. The Morgan fingerprint density at radius 3 is 2.60 bits per heavy atom. The SMILES string of the molecule is Cc1ccccc1OP(=O)(CO[C@H](C)Cn1cnc2c(N)ncnc21)OC1CSSC[C@@H]1OCc1ccccc1. The van der Waals surface area contributed by atoms with Crippen LogP contribution < -0.4 is 10.3 Å². The lowest BCUT2D eigenvalue weighted by Gasteiger charge is -2.33. The molecule has 13 heteroatoms. The number of rotatable bonds is 12. The van der Waals surface area contributed by atoms with Gasteiger partial charge < -0.3 is 24.3 Å². The molecule has 4 aromatic rings. The third-order valence-electron chi connectivity index (χ3n) is 6.30. The average Bonchev–Trinajstić information content (AvgIpc) is 3.37. The van der Waals surface area contributed by atoms with Crippen LogP contribution >= 0.6 is 29.2 Å². The number of hydrogen-bond acceptors (Lipinski definition) is 11. The summed E-state index contributed by atoms with van der Waals surface area (Å²) in [6.07, 6.45) is 1.77. The number of imidazole rings is 1. The Kier molecular flexibility index (Phi) is 9.67. The predicted molar refractivity (Wildman–Crippen MR) is 159 cm³/mol. The number of fused-ring (bicyclic) bond motifs is 1. The van der Waals surface area contributed by atoms with Crippen molar-refractivity contribution in [3.05, 3.63) is 78.4 Å². The van der Waals surface area contributed by atoms with Gasteiger partial charge in [0, 0.05) is 11.5 Å². The normalized spacial score (nSPS) is 19.8. The van der Waals surface area contributed by atoms with E-state index in [9.17, 15) is 4.57 Å². The topological polar surface area (TPSA) is 124 Å². The van der Waals surface area contributed by atoms with Crippen LogP contribution in [0.25, 0.3) is 11.2 Å². The second-order valence-corrected chi connectivity index (χ2v) is 13.9. The highest BCUT2D eigenvalue weighted by atomic mass is 33.1. The molecular formula is C27H32N5O5PS2. The second-order valence-electron chi connectivity index (χ2n) is 9.45. The van der Waals surface area contributed by atoms with E-state index in [0.717, 1.165) is 11.1 Å². The zero-order valence-electron chi connectivity index (χ0n) is 22.3. The molecular weight excluding hydrogens is 569 g/mol. The average molecular weight is 602 g/mol. The summed E-state index contributed by atoms with van der Waals surface area (Å²) < 4.78 is 40.8. The van der Waals surface area contributed by atoms with E-state index >= 15 is 0 Å². The lowest BCUT2D eigenvalue weighted by molar-refractivity contribution is -0.0192. The quantitative estimate of drug-likeness (QED) is 0.158. The predicted octanol–water partition coefficient (Wildman–Crippen LogP) is 5.72. The first-order valence-corrected chi connectivity index (χ1v) is 17.1. The van der Waals surface area contributed by atoms with Crippen molar-refractivity contribution in [2.75, 3.05) is 23.6 Å². The molecule has 2 N–H and O–H groups in total. The Balaban J connectivity index is 1.29. The van der Waals surface area contributed by atoms with E-state index < -0.39 is 13.7 Å². The molecule has 3 heterocycles. The van der Waals surface area contributed by atoms with Crippen LogP contribution in [0.3, 0.4) is 0 Å². The van der Waals surface area contributed by atoms with Gasteiger partial charge in [0.1, 0.15) is 23.7 Å². The van der Waals surface area contributed by atoms with Crippen LogP contribution in [0.1, 0.15) is 18.1 Å². The summed E-state index contributed by atoms with van der Waals surface area (Å²) in [5, 5.41) is 0. The van der Waals surface area contributed by atoms with Crippen LogP contribution in [0, 0.1) is 6.92 Å². The van der Waals surface area contributed by atoms with Crippen molar-refractivity contribution in [2.45, 2.75) is 45.3 Å². The molecule has 2 unspecified atom stereocenters. The van der Waals surface area contributed by atoms with Gasteiger partial charge in [-0.3, -0.25) is 4.52 Å². The van der Waals surface area contributed by atoms with Crippen LogP contribution in [0.15, 0.2) is 67.3 Å². The zero-order chi connectivity index (χ0) is 28.0. The van der Waals surface area contributed by atoms with E-state index in [1.807, 2.05) is 66.9 Å². The fourth-order valence-corrected chi connectivity index (χ4v) is 8.41. The molecule has 1 saturated heterocycles.